The lowest BCUT2D eigenvalue weighted by Gasteiger charge is -2.09. The molecule has 0 bridgehead atoms. The lowest BCUT2D eigenvalue weighted by Crippen LogP contribution is -1.96. The van der Waals surface area contributed by atoms with Crippen molar-refractivity contribution < 1.29 is 9.53 Å². The lowest BCUT2D eigenvalue weighted by molar-refractivity contribution is -0.107. The number of rotatable bonds is 3. The fraction of sp³-hybridized carbons (Fsp3) is 0.364. The van der Waals surface area contributed by atoms with Crippen molar-refractivity contribution in [3.05, 3.63) is 28.8 Å². The van der Waals surface area contributed by atoms with Gasteiger partial charge in [-0.25, -0.2) is 0 Å². The van der Waals surface area contributed by atoms with Crippen LogP contribution < -0.4 is 4.74 Å². The summed E-state index contributed by atoms with van der Waals surface area (Å²) in [7, 11) is 1.65. The second-order valence-corrected chi connectivity index (χ2v) is 3.11. The maximum atomic E-state index is 10.4. The van der Waals surface area contributed by atoms with E-state index in [2.05, 4.69) is 0 Å². The molecule has 0 heterocycles. The number of carbonyl (C=O) groups excluding carboxylic acids is 1. The number of ether oxygens (including phenoxy) is 1. The Labute approximate surface area is 78.5 Å². The van der Waals surface area contributed by atoms with Crippen LogP contribution in [-0.2, 0) is 11.2 Å². The van der Waals surface area contributed by atoms with Gasteiger partial charge in [-0.3, -0.25) is 0 Å². The fourth-order valence-corrected chi connectivity index (χ4v) is 1.48. The van der Waals surface area contributed by atoms with Gasteiger partial charge in [0, 0.05) is 6.42 Å². The zero-order valence-corrected chi connectivity index (χ0v) is 8.26. The van der Waals surface area contributed by atoms with E-state index < -0.39 is 0 Å². The third kappa shape index (κ3) is 2.08. The van der Waals surface area contributed by atoms with E-state index >= 15 is 0 Å². The Kier molecular flexibility index (Phi) is 3.07. The van der Waals surface area contributed by atoms with Crippen LogP contribution in [0, 0.1) is 13.8 Å². The van der Waals surface area contributed by atoms with Gasteiger partial charge in [-0.15, -0.1) is 0 Å². The highest BCUT2D eigenvalue weighted by Gasteiger charge is 2.04. The van der Waals surface area contributed by atoms with Crippen molar-refractivity contribution in [1.82, 2.24) is 0 Å². The summed E-state index contributed by atoms with van der Waals surface area (Å²) in [4.78, 5) is 10.4. The quantitative estimate of drug-likeness (QED) is 0.662. The third-order valence-corrected chi connectivity index (χ3v) is 2.19. The summed E-state index contributed by atoms with van der Waals surface area (Å²) < 4.78 is 5.12. The van der Waals surface area contributed by atoms with Crippen molar-refractivity contribution in [3.63, 3.8) is 0 Å². The molecule has 0 spiro atoms. The molecule has 1 aromatic rings. The summed E-state index contributed by atoms with van der Waals surface area (Å²) in [6.07, 6.45) is 1.42. The first-order chi connectivity index (χ1) is 6.19. The van der Waals surface area contributed by atoms with Crippen molar-refractivity contribution >= 4 is 6.29 Å². The van der Waals surface area contributed by atoms with Gasteiger partial charge in [-0.2, -0.15) is 0 Å². The van der Waals surface area contributed by atoms with Gasteiger partial charge >= 0.3 is 0 Å². The molecule has 0 atom stereocenters. The third-order valence-electron chi connectivity index (χ3n) is 2.19. The summed E-state index contributed by atoms with van der Waals surface area (Å²) in [6, 6.07) is 3.90. The van der Waals surface area contributed by atoms with Gasteiger partial charge < -0.3 is 9.53 Å². The molecule has 0 saturated heterocycles. The largest absolute Gasteiger partial charge is 0.497 e. The Hall–Kier alpha value is -1.31. The molecule has 0 radical (unpaired) electrons. The molecule has 2 heteroatoms. The molecule has 0 unspecified atom stereocenters. The second kappa shape index (κ2) is 4.08. The minimum atomic E-state index is 0.488. The number of hydrogen-bond donors (Lipinski definition) is 0. The predicted molar refractivity (Wildman–Crippen MR) is 52.2 cm³/mol. The number of aldehydes is 1. The fourth-order valence-electron chi connectivity index (χ4n) is 1.48. The van der Waals surface area contributed by atoms with E-state index in [9.17, 15) is 4.79 Å². The molecule has 1 rings (SSSR count). The van der Waals surface area contributed by atoms with Gasteiger partial charge in [0.25, 0.3) is 0 Å². The van der Waals surface area contributed by atoms with Crippen LogP contribution in [0.25, 0.3) is 0 Å². The summed E-state index contributed by atoms with van der Waals surface area (Å²) in [5.41, 5.74) is 3.34. The van der Waals surface area contributed by atoms with E-state index in [0.717, 1.165) is 28.7 Å². The van der Waals surface area contributed by atoms with Crippen LogP contribution in [0.5, 0.6) is 5.75 Å². The van der Waals surface area contributed by atoms with Crippen molar-refractivity contribution in [2.75, 3.05) is 7.11 Å². The van der Waals surface area contributed by atoms with Crippen molar-refractivity contribution in [3.8, 4) is 5.75 Å². The predicted octanol–water partition coefficient (Wildman–Crippen LogP) is 2.05. The molecule has 13 heavy (non-hydrogen) atoms. The Morgan fingerprint density at radius 2 is 1.85 bits per heavy atom. The van der Waals surface area contributed by atoms with Crippen LogP contribution in [0.3, 0.4) is 0 Å². The zero-order valence-electron chi connectivity index (χ0n) is 8.26. The first-order valence-corrected chi connectivity index (χ1v) is 4.26. The molecule has 0 aliphatic heterocycles. The van der Waals surface area contributed by atoms with E-state index in [1.807, 2.05) is 26.0 Å². The Bertz CT molecular complexity index is 293. The molecule has 0 N–H and O–H groups in total. The average molecular weight is 178 g/mol. The molecular weight excluding hydrogens is 164 g/mol. The highest BCUT2D eigenvalue weighted by Crippen LogP contribution is 2.21. The summed E-state index contributed by atoms with van der Waals surface area (Å²) in [5.74, 6) is 0.852. The minimum absolute atomic E-state index is 0.488. The molecule has 1 aromatic carbocycles. The van der Waals surface area contributed by atoms with Crippen LogP contribution in [0.4, 0.5) is 0 Å². The molecule has 70 valence electrons. The van der Waals surface area contributed by atoms with Gasteiger partial charge in [-0.1, -0.05) is 0 Å². The number of methoxy groups -OCH3 is 1. The van der Waals surface area contributed by atoms with Crippen LogP contribution in [-0.4, -0.2) is 13.4 Å². The molecule has 2 nitrogen and oxygen atoms in total. The lowest BCUT2D eigenvalue weighted by atomic mass is 10.0. The molecule has 0 saturated carbocycles. The molecule has 0 aliphatic carbocycles. The molecule has 0 aliphatic rings. The molecule has 0 aromatic heterocycles. The van der Waals surface area contributed by atoms with E-state index in [-0.39, 0.29) is 0 Å². The number of hydrogen-bond acceptors (Lipinski definition) is 2. The van der Waals surface area contributed by atoms with E-state index in [4.69, 9.17) is 4.74 Å². The maximum Gasteiger partial charge on any atom is 0.124 e. The molecule has 0 fully saturated rings. The smallest absolute Gasteiger partial charge is 0.124 e. The Morgan fingerprint density at radius 1 is 1.31 bits per heavy atom. The normalized spacial score (nSPS) is 9.77. The van der Waals surface area contributed by atoms with Crippen LogP contribution in [0.2, 0.25) is 0 Å². The van der Waals surface area contributed by atoms with E-state index in [1.54, 1.807) is 7.11 Å². The topological polar surface area (TPSA) is 26.3 Å². The Morgan fingerprint density at radius 3 is 2.23 bits per heavy atom. The number of benzene rings is 1. The highest BCUT2D eigenvalue weighted by atomic mass is 16.5. The van der Waals surface area contributed by atoms with Crippen LogP contribution in [0.15, 0.2) is 12.1 Å². The maximum absolute atomic E-state index is 10.4. The van der Waals surface area contributed by atoms with E-state index in [0.29, 0.717) is 6.42 Å². The van der Waals surface area contributed by atoms with Crippen molar-refractivity contribution in [1.29, 1.82) is 0 Å². The van der Waals surface area contributed by atoms with Gasteiger partial charge in [0.15, 0.2) is 0 Å². The van der Waals surface area contributed by atoms with Crippen LogP contribution >= 0.6 is 0 Å². The van der Waals surface area contributed by atoms with Gasteiger partial charge in [0.1, 0.15) is 12.0 Å². The summed E-state index contributed by atoms with van der Waals surface area (Å²) in [6.45, 7) is 3.99. The minimum Gasteiger partial charge on any atom is -0.497 e. The van der Waals surface area contributed by atoms with Crippen molar-refractivity contribution in [2.45, 2.75) is 20.3 Å². The molecular formula is C11H14O2. The van der Waals surface area contributed by atoms with Crippen molar-refractivity contribution in [2.24, 2.45) is 0 Å². The first kappa shape index (κ1) is 9.78. The SMILES string of the molecule is COc1cc(C)c(CC=O)c(C)c1. The Balaban J connectivity index is 3.14. The molecule has 0 amide bonds. The van der Waals surface area contributed by atoms with Gasteiger partial charge in [-0.05, 0) is 42.7 Å². The zero-order chi connectivity index (χ0) is 9.84. The number of carbonyl (C=O) groups is 1. The van der Waals surface area contributed by atoms with Gasteiger partial charge in [0.2, 0.25) is 0 Å². The monoisotopic (exact) mass is 178 g/mol. The average Bonchev–Trinajstić information content (AvgIpc) is 2.11. The first-order valence-electron chi connectivity index (χ1n) is 4.26. The van der Waals surface area contributed by atoms with Crippen LogP contribution in [0.1, 0.15) is 16.7 Å². The summed E-state index contributed by atoms with van der Waals surface area (Å²) >= 11 is 0. The second-order valence-electron chi connectivity index (χ2n) is 3.11. The summed E-state index contributed by atoms with van der Waals surface area (Å²) in [5, 5.41) is 0. The standard InChI is InChI=1S/C11H14O2/c1-8-6-10(13-3)7-9(2)11(8)4-5-12/h5-7H,4H2,1-3H3. The highest BCUT2D eigenvalue weighted by molar-refractivity contribution is 5.58. The van der Waals surface area contributed by atoms with E-state index in [1.165, 1.54) is 0 Å². The number of aryl methyl sites for hydroxylation is 2. The van der Waals surface area contributed by atoms with Gasteiger partial charge in [0.05, 0.1) is 7.11 Å².